The van der Waals surface area contributed by atoms with Crippen LogP contribution in [0.2, 0.25) is 0 Å². The van der Waals surface area contributed by atoms with E-state index in [1.165, 1.54) is 0 Å². The van der Waals surface area contributed by atoms with Crippen LogP contribution in [0.15, 0.2) is 65.2 Å². The lowest BCUT2D eigenvalue weighted by atomic mass is 9.88. The van der Waals surface area contributed by atoms with Crippen LogP contribution in [0.4, 0.5) is 10.5 Å². The van der Waals surface area contributed by atoms with Crippen molar-refractivity contribution in [3.05, 3.63) is 70.8 Å². The summed E-state index contributed by atoms with van der Waals surface area (Å²) in [7, 11) is 1.56. The van der Waals surface area contributed by atoms with Crippen molar-refractivity contribution in [2.45, 2.75) is 11.2 Å². The first-order valence-corrected chi connectivity index (χ1v) is 9.28. The molecule has 1 aliphatic heterocycles. The molecule has 2 aromatic rings. The zero-order valence-electron chi connectivity index (χ0n) is 15.0. The molecule has 0 radical (unpaired) electrons. The van der Waals surface area contributed by atoms with Gasteiger partial charge in [-0.3, -0.25) is 10.1 Å². The molecule has 0 aromatic heterocycles. The second-order valence-corrected chi connectivity index (χ2v) is 7.17. The van der Waals surface area contributed by atoms with E-state index in [2.05, 4.69) is 16.7 Å². The lowest BCUT2D eigenvalue weighted by molar-refractivity contribution is -0.119. The Labute approximate surface area is 166 Å². The number of urea groups is 1. The number of ether oxygens (including phenoxy) is 1. The zero-order valence-corrected chi connectivity index (χ0v) is 15.8. The van der Waals surface area contributed by atoms with Crippen molar-refractivity contribution in [2.75, 3.05) is 12.4 Å². The summed E-state index contributed by atoms with van der Waals surface area (Å²) in [6.45, 7) is 0. The van der Waals surface area contributed by atoms with Gasteiger partial charge in [0.05, 0.1) is 23.8 Å². The Morgan fingerprint density at radius 2 is 1.82 bits per heavy atom. The molecule has 0 saturated carbocycles. The molecule has 0 spiro atoms. The maximum Gasteiger partial charge on any atom is 0.325 e. The molecule has 0 saturated heterocycles. The highest BCUT2D eigenvalue weighted by atomic mass is 32.2. The first-order valence-electron chi connectivity index (χ1n) is 8.40. The first kappa shape index (κ1) is 19.3. The Hall–Kier alpha value is -3.44. The van der Waals surface area contributed by atoms with E-state index < -0.39 is 23.1 Å². The number of hydrogen-bond acceptors (Lipinski definition) is 6. The minimum absolute atomic E-state index is 0.284. The molecule has 2 aromatic carbocycles. The van der Waals surface area contributed by atoms with Crippen molar-refractivity contribution >= 4 is 29.4 Å². The van der Waals surface area contributed by atoms with Gasteiger partial charge < -0.3 is 15.8 Å². The van der Waals surface area contributed by atoms with Crippen molar-refractivity contribution in [1.82, 2.24) is 5.32 Å². The molecule has 2 atom stereocenters. The van der Waals surface area contributed by atoms with Crippen LogP contribution in [0, 0.1) is 11.3 Å². The van der Waals surface area contributed by atoms with Gasteiger partial charge >= 0.3 is 6.03 Å². The van der Waals surface area contributed by atoms with Gasteiger partial charge in [-0.1, -0.05) is 42.1 Å². The predicted molar refractivity (Wildman–Crippen MR) is 108 cm³/mol. The minimum atomic E-state index is -0.732. The molecule has 4 N–H and O–H groups in total. The molecule has 1 aliphatic rings. The van der Waals surface area contributed by atoms with Gasteiger partial charge in [-0.05, 0) is 29.8 Å². The van der Waals surface area contributed by atoms with Gasteiger partial charge in [-0.2, -0.15) is 5.26 Å². The molecule has 0 bridgehead atoms. The number of thioether (sulfide) groups is 1. The molecule has 8 heteroatoms. The summed E-state index contributed by atoms with van der Waals surface area (Å²) in [5.41, 5.74) is 7.60. The number of rotatable bonds is 4. The van der Waals surface area contributed by atoms with Crippen LogP contribution in [0.1, 0.15) is 11.5 Å². The summed E-state index contributed by atoms with van der Waals surface area (Å²) in [5.74, 6) is -0.411. The number of nitrogens with zero attached hydrogens (tertiary/aromatic N) is 1. The summed E-state index contributed by atoms with van der Waals surface area (Å²) >= 11 is 1.08. The summed E-state index contributed by atoms with van der Waals surface area (Å²) in [5, 5.41) is 14.0. The molecular formula is C20H18N4O3S. The molecule has 0 aliphatic carbocycles. The molecule has 0 unspecified atom stereocenters. The van der Waals surface area contributed by atoms with Crippen LogP contribution in [-0.4, -0.2) is 24.3 Å². The van der Waals surface area contributed by atoms with E-state index in [1.807, 2.05) is 6.07 Å². The molecule has 3 rings (SSSR count). The molecule has 142 valence electrons. The van der Waals surface area contributed by atoms with Crippen LogP contribution in [0.3, 0.4) is 0 Å². The van der Waals surface area contributed by atoms with E-state index in [1.54, 1.807) is 55.6 Å². The summed E-state index contributed by atoms with van der Waals surface area (Å²) < 4.78 is 5.15. The van der Waals surface area contributed by atoms with Crippen LogP contribution in [0.5, 0.6) is 5.75 Å². The number of anilines is 1. The second-order valence-electron chi connectivity index (χ2n) is 5.99. The minimum Gasteiger partial charge on any atom is -0.497 e. The number of nitriles is 1. The van der Waals surface area contributed by atoms with Gasteiger partial charge in [0.2, 0.25) is 5.91 Å². The maximum atomic E-state index is 12.8. The van der Waals surface area contributed by atoms with Crippen molar-refractivity contribution < 1.29 is 14.3 Å². The van der Waals surface area contributed by atoms with Gasteiger partial charge in [-0.15, -0.1) is 0 Å². The van der Waals surface area contributed by atoms with E-state index in [0.29, 0.717) is 17.0 Å². The fourth-order valence-electron chi connectivity index (χ4n) is 2.92. The number of carbonyl (C=O) groups is 2. The number of allylic oxidation sites excluding steroid dienone is 1. The summed E-state index contributed by atoms with van der Waals surface area (Å²) in [6.07, 6.45) is 0. The number of nitrogens with two attached hydrogens (primary N) is 1. The fourth-order valence-corrected chi connectivity index (χ4v) is 4.09. The van der Waals surface area contributed by atoms with Gasteiger partial charge in [0.25, 0.3) is 0 Å². The summed E-state index contributed by atoms with van der Waals surface area (Å²) in [4.78, 5) is 24.9. The fraction of sp³-hybridized carbons (Fsp3) is 0.150. The Morgan fingerprint density at radius 3 is 2.43 bits per heavy atom. The quantitative estimate of drug-likeness (QED) is 0.734. The number of nitrogens with one attached hydrogen (secondary N) is 2. The van der Waals surface area contributed by atoms with E-state index in [4.69, 9.17) is 10.5 Å². The van der Waals surface area contributed by atoms with E-state index >= 15 is 0 Å². The standard InChI is InChI=1S/C20H18N4O3S/c1-27-14-9-7-12(8-10-14)16-15(11-21)18(22)28-17(16)19(25)24-20(26)23-13-5-3-2-4-6-13/h2-10,16-17H,22H2,1H3,(H2,23,24,25,26)/t16-,17-/m1/s1. The van der Waals surface area contributed by atoms with Crippen molar-refractivity contribution in [2.24, 2.45) is 5.73 Å². The summed E-state index contributed by atoms with van der Waals surface area (Å²) in [6, 6.07) is 17.3. The molecular weight excluding hydrogens is 376 g/mol. The number of methoxy groups -OCH3 is 1. The lowest BCUT2D eigenvalue weighted by Gasteiger charge is -2.19. The molecule has 7 nitrogen and oxygen atoms in total. The smallest absolute Gasteiger partial charge is 0.325 e. The Balaban J connectivity index is 1.78. The monoisotopic (exact) mass is 394 g/mol. The topological polar surface area (TPSA) is 117 Å². The highest BCUT2D eigenvalue weighted by molar-refractivity contribution is 8.04. The highest BCUT2D eigenvalue weighted by Crippen LogP contribution is 2.45. The van der Waals surface area contributed by atoms with Crippen molar-refractivity contribution in [3.63, 3.8) is 0 Å². The van der Waals surface area contributed by atoms with Crippen LogP contribution < -0.4 is 21.1 Å². The Morgan fingerprint density at radius 1 is 1.14 bits per heavy atom. The van der Waals surface area contributed by atoms with Gasteiger partial charge in [0, 0.05) is 11.6 Å². The Bertz CT molecular complexity index is 952. The van der Waals surface area contributed by atoms with Gasteiger partial charge in [0.15, 0.2) is 0 Å². The third-order valence-electron chi connectivity index (χ3n) is 4.26. The highest BCUT2D eigenvalue weighted by Gasteiger charge is 2.41. The first-order chi connectivity index (χ1) is 13.5. The maximum absolute atomic E-state index is 12.8. The molecule has 28 heavy (non-hydrogen) atoms. The normalized spacial score (nSPS) is 18.3. The van der Waals surface area contributed by atoms with Crippen molar-refractivity contribution in [1.29, 1.82) is 5.26 Å². The SMILES string of the molecule is COc1ccc([C@@H]2C(C#N)=C(N)S[C@H]2C(=O)NC(=O)Nc2ccccc2)cc1. The van der Waals surface area contributed by atoms with Crippen LogP contribution in [-0.2, 0) is 4.79 Å². The van der Waals surface area contributed by atoms with Crippen LogP contribution >= 0.6 is 11.8 Å². The number of para-hydroxylation sites is 1. The second kappa shape index (κ2) is 8.50. The average Bonchev–Trinajstić information content (AvgIpc) is 3.05. The van der Waals surface area contributed by atoms with E-state index in [0.717, 1.165) is 17.3 Å². The average molecular weight is 394 g/mol. The van der Waals surface area contributed by atoms with Crippen LogP contribution in [0.25, 0.3) is 0 Å². The zero-order chi connectivity index (χ0) is 20.1. The number of carbonyl (C=O) groups excluding carboxylic acids is 2. The predicted octanol–water partition coefficient (Wildman–Crippen LogP) is 2.94. The molecule has 0 fully saturated rings. The third kappa shape index (κ3) is 4.10. The van der Waals surface area contributed by atoms with E-state index in [9.17, 15) is 14.9 Å². The molecule has 3 amide bonds. The molecule has 1 heterocycles. The third-order valence-corrected chi connectivity index (χ3v) is 5.47. The van der Waals surface area contributed by atoms with Crippen molar-refractivity contribution in [3.8, 4) is 11.8 Å². The number of imide groups is 1. The largest absolute Gasteiger partial charge is 0.497 e. The number of hydrogen-bond donors (Lipinski definition) is 3. The Kier molecular flexibility index (Phi) is 5.87. The lowest BCUT2D eigenvalue weighted by Crippen LogP contribution is -2.41. The van der Waals surface area contributed by atoms with Gasteiger partial charge in [0.1, 0.15) is 11.0 Å². The van der Waals surface area contributed by atoms with E-state index in [-0.39, 0.29) is 5.03 Å². The van der Waals surface area contributed by atoms with Gasteiger partial charge in [-0.25, -0.2) is 4.79 Å². The number of amides is 3. The number of benzene rings is 2.